The van der Waals surface area contributed by atoms with E-state index in [2.05, 4.69) is 10.6 Å². The molecule has 0 aromatic heterocycles. The summed E-state index contributed by atoms with van der Waals surface area (Å²) in [6.07, 6.45) is -0.655. The quantitative estimate of drug-likeness (QED) is 0.805. The lowest BCUT2D eigenvalue weighted by molar-refractivity contribution is -0.127. The molecule has 0 aliphatic carbocycles. The Kier molecular flexibility index (Phi) is 6.45. The van der Waals surface area contributed by atoms with Crippen LogP contribution in [-0.4, -0.2) is 25.6 Å². The van der Waals surface area contributed by atoms with Crippen LogP contribution >= 0.6 is 0 Å². The minimum absolute atomic E-state index is 0.196. The summed E-state index contributed by atoms with van der Waals surface area (Å²) in [6, 6.07) is 4.45. The van der Waals surface area contributed by atoms with E-state index in [0.717, 1.165) is 5.56 Å². The Hall–Kier alpha value is -1.62. The molecular weight excluding hydrogens is 259 g/mol. The van der Waals surface area contributed by atoms with Crippen molar-refractivity contribution in [1.82, 2.24) is 10.6 Å². The summed E-state index contributed by atoms with van der Waals surface area (Å²) in [5, 5.41) is 5.73. The van der Waals surface area contributed by atoms with E-state index < -0.39 is 6.10 Å². The summed E-state index contributed by atoms with van der Waals surface area (Å²) in [5.74, 6) is 0.172. The van der Waals surface area contributed by atoms with Crippen molar-refractivity contribution >= 4 is 5.91 Å². The third-order valence-corrected chi connectivity index (χ3v) is 2.68. The van der Waals surface area contributed by atoms with Crippen molar-refractivity contribution in [2.45, 2.75) is 33.4 Å². The molecule has 4 nitrogen and oxygen atoms in total. The van der Waals surface area contributed by atoms with E-state index in [1.807, 2.05) is 13.8 Å². The molecule has 0 aliphatic heterocycles. The number of carbonyl (C=O) groups excluding carboxylic acids is 1. The molecule has 1 atom stereocenters. The molecule has 1 amide bonds. The van der Waals surface area contributed by atoms with Crippen LogP contribution in [0, 0.1) is 11.7 Å². The summed E-state index contributed by atoms with van der Waals surface area (Å²) >= 11 is 0. The van der Waals surface area contributed by atoms with Gasteiger partial charge in [-0.2, -0.15) is 0 Å². The highest BCUT2D eigenvalue weighted by atomic mass is 19.1. The predicted molar refractivity (Wildman–Crippen MR) is 77.1 cm³/mol. The van der Waals surface area contributed by atoms with Crippen LogP contribution in [0.15, 0.2) is 18.2 Å². The Morgan fingerprint density at radius 2 is 2.00 bits per heavy atom. The van der Waals surface area contributed by atoms with Crippen LogP contribution in [0.25, 0.3) is 0 Å². The van der Waals surface area contributed by atoms with Crippen molar-refractivity contribution in [3.05, 3.63) is 29.6 Å². The molecule has 0 radical (unpaired) electrons. The zero-order valence-corrected chi connectivity index (χ0v) is 12.5. The summed E-state index contributed by atoms with van der Waals surface area (Å²) in [6.45, 7) is 6.83. The number of carbonyl (C=O) groups is 1. The Labute approximate surface area is 119 Å². The molecule has 1 aromatic rings. The van der Waals surface area contributed by atoms with Crippen LogP contribution < -0.4 is 15.4 Å². The maximum absolute atomic E-state index is 13.4. The number of nitrogens with one attached hydrogen (secondary N) is 2. The SMILES string of the molecule is CNCc1cc(F)cc(OC(C)C(=O)NCC(C)C)c1. The fraction of sp³-hybridized carbons (Fsp3) is 0.533. The van der Waals surface area contributed by atoms with E-state index in [0.29, 0.717) is 24.8 Å². The molecule has 0 saturated heterocycles. The number of rotatable bonds is 7. The predicted octanol–water partition coefficient (Wildman–Crippen LogP) is 2.08. The first-order valence-electron chi connectivity index (χ1n) is 6.80. The first kappa shape index (κ1) is 16.4. The summed E-state index contributed by atoms with van der Waals surface area (Å²) in [7, 11) is 1.79. The lowest BCUT2D eigenvalue weighted by Gasteiger charge is -2.16. The van der Waals surface area contributed by atoms with Crippen LogP contribution in [0.2, 0.25) is 0 Å². The van der Waals surface area contributed by atoms with E-state index in [1.54, 1.807) is 20.0 Å². The monoisotopic (exact) mass is 282 g/mol. The van der Waals surface area contributed by atoms with Gasteiger partial charge in [-0.05, 0) is 37.6 Å². The molecule has 1 rings (SSSR count). The minimum atomic E-state index is -0.655. The van der Waals surface area contributed by atoms with Gasteiger partial charge in [0.05, 0.1) is 0 Å². The average molecular weight is 282 g/mol. The summed E-state index contributed by atoms with van der Waals surface area (Å²) < 4.78 is 18.9. The normalized spacial score (nSPS) is 12.3. The van der Waals surface area contributed by atoms with Gasteiger partial charge in [-0.25, -0.2) is 4.39 Å². The maximum Gasteiger partial charge on any atom is 0.260 e. The van der Waals surface area contributed by atoms with Gasteiger partial charge < -0.3 is 15.4 Å². The van der Waals surface area contributed by atoms with Gasteiger partial charge in [0, 0.05) is 19.2 Å². The fourth-order valence-electron chi connectivity index (χ4n) is 1.70. The van der Waals surface area contributed by atoms with Gasteiger partial charge in [-0.1, -0.05) is 13.8 Å². The molecule has 20 heavy (non-hydrogen) atoms. The van der Waals surface area contributed by atoms with Crippen molar-refractivity contribution in [2.75, 3.05) is 13.6 Å². The largest absolute Gasteiger partial charge is 0.481 e. The lowest BCUT2D eigenvalue weighted by atomic mass is 10.2. The van der Waals surface area contributed by atoms with Crippen LogP contribution in [0.3, 0.4) is 0 Å². The number of ether oxygens (including phenoxy) is 1. The second-order valence-electron chi connectivity index (χ2n) is 5.22. The number of hydrogen-bond donors (Lipinski definition) is 2. The Morgan fingerprint density at radius 3 is 2.60 bits per heavy atom. The highest BCUT2D eigenvalue weighted by Crippen LogP contribution is 2.18. The number of halogens is 1. The van der Waals surface area contributed by atoms with Gasteiger partial charge >= 0.3 is 0 Å². The lowest BCUT2D eigenvalue weighted by Crippen LogP contribution is -2.38. The van der Waals surface area contributed by atoms with Gasteiger partial charge in [0.1, 0.15) is 11.6 Å². The Bertz CT molecular complexity index is 449. The molecule has 0 spiro atoms. The van der Waals surface area contributed by atoms with Crippen molar-refractivity contribution in [2.24, 2.45) is 5.92 Å². The second kappa shape index (κ2) is 7.85. The Morgan fingerprint density at radius 1 is 1.30 bits per heavy atom. The van der Waals surface area contributed by atoms with Gasteiger partial charge in [0.25, 0.3) is 5.91 Å². The van der Waals surface area contributed by atoms with E-state index in [9.17, 15) is 9.18 Å². The first-order valence-corrected chi connectivity index (χ1v) is 6.80. The average Bonchev–Trinajstić information content (AvgIpc) is 2.35. The van der Waals surface area contributed by atoms with Gasteiger partial charge in [0.15, 0.2) is 6.10 Å². The van der Waals surface area contributed by atoms with E-state index >= 15 is 0 Å². The molecule has 0 saturated carbocycles. The van der Waals surface area contributed by atoms with Gasteiger partial charge in [-0.15, -0.1) is 0 Å². The molecule has 0 heterocycles. The summed E-state index contributed by atoms with van der Waals surface area (Å²) in [4.78, 5) is 11.8. The maximum atomic E-state index is 13.4. The highest BCUT2D eigenvalue weighted by molar-refractivity contribution is 5.80. The van der Waals surface area contributed by atoms with E-state index in [1.165, 1.54) is 12.1 Å². The molecule has 1 unspecified atom stereocenters. The van der Waals surface area contributed by atoms with Crippen molar-refractivity contribution in [3.63, 3.8) is 0 Å². The van der Waals surface area contributed by atoms with Crippen molar-refractivity contribution in [1.29, 1.82) is 0 Å². The zero-order valence-electron chi connectivity index (χ0n) is 12.5. The van der Waals surface area contributed by atoms with Crippen LogP contribution in [0.5, 0.6) is 5.75 Å². The first-order chi connectivity index (χ1) is 9.42. The van der Waals surface area contributed by atoms with Gasteiger partial charge in [0.2, 0.25) is 0 Å². The van der Waals surface area contributed by atoms with Crippen LogP contribution in [-0.2, 0) is 11.3 Å². The summed E-state index contributed by atoms with van der Waals surface area (Å²) in [5.41, 5.74) is 0.775. The third-order valence-electron chi connectivity index (χ3n) is 2.68. The van der Waals surface area contributed by atoms with Crippen LogP contribution in [0.1, 0.15) is 26.3 Å². The molecule has 1 aromatic carbocycles. The molecule has 2 N–H and O–H groups in total. The highest BCUT2D eigenvalue weighted by Gasteiger charge is 2.15. The number of benzene rings is 1. The minimum Gasteiger partial charge on any atom is -0.481 e. The second-order valence-corrected chi connectivity index (χ2v) is 5.22. The van der Waals surface area contributed by atoms with E-state index in [-0.39, 0.29) is 11.7 Å². The zero-order chi connectivity index (χ0) is 15.1. The molecule has 5 heteroatoms. The molecule has 0 aliphatic rings. The van der Waals surface area contributed by atoms with Crippen molar-refractivity contribution in [3.8, 4) is 5.75 Å². The molecule has 112 valence electrons. The number of amides is 1. The van der Waals surface area contributed by atoms with Gasteiger partial charge in [-0.3, -0.25) is 4.79 Å². The molecule has 0 fully saturated rings. The fourth-order valence-corrected chi connectivity index (χ4v) is 1.70. The molecule has 0 bridgehead atoms. The topological polar surface area (TPSA) is 50.4 Å². The standard InChI is InChI=1S/C15H23FN2O2/c1-10(2)8-18-15(19)11(3)20-14-6-12(9-17-4)5-13(16)7-14/h5-7,10-11,17H,8-9H2,1-4H3,(H,18,19). The number of hydrogen-bond acceptors (Lipinski definition) is 3. The molecular formula is C15H23FN2O2. The van der Waals surface area contributed by atoms with E-state index in [4.69, 9.17) is 4.74 Å². The smallest absolute Gasteiger partial charge is 0.260 e. The third kappa shape index (κ3) is 5.57. The van der Waals surface area contributed by atoms with Crippen LogP contribution in [0.4, 0.5) is 4.39 Å². The Balaban J connectivity index is 2.65. The van der Waals surface area contributed by atoms with Crippen molar-refractivity contribution < 1.29 is 13.9 Å².